The summed E-state index contributed by atoms with van der Waals surface area (Å²) in [5, 5.41) is 4.47. The molecule has 0 aromatic carbocycles. The second-order valence-electron chi connectivity index (χ2n) is 5.66. The van der Waals surface area contributed by atoms with Crippen molar-refractivity contribution in [1.82, 2.24) is 9.78 Å². The summed E-state index contributed by atoms with van der Waals surface area (Å²) in [5.74, 6) is 0.811. The monoisotopic (exact) mass is 265 g/mol. The minimum atomic E-state index is 0.811. The van der Waals surface area contributed by atoms with Crippen LogP contribution in [0.15, 0.2) is 0 Å². The second-order valence-corrected chi connectivity index (χ2v) is 5.66. The van der Waals surface area contributed by atoms with Crippen molar-refractivity contribution in [2.45, 2.75) is 78.1 Å². The van der Waals surface area contributed by atoms with E-state index in [1.165, 1.54) is 69.0 Å². The Morgan fingerprint density at radius 3 is 1.95 bits per heavy atom. The van der Waals surface area contributed by atoms with Gasteiger partial charge in [0.2, 0.25) is 0 Å². The minimum absolute atomic E-state index is 0.811. The fourth-order valence-electron chi connectivity index (χ4n) is 2.54. The molecule has 0 unspecified atom stereocenters. The Morgan fingerprint density at radius 1 is 0.947 bits per heavy atom. The van der Waals surface area contributed by atoms with Gasteiger partial charge in [-0.2, -0.15) is 5.10 Å². The summed E-state index contributed by atoms with van der Waals surface area (Å²) in [6.07, 6.45) is 13.4. The van der Waals surface area contributed by atoms with E-state index in [1.54, 1.807) is 4.68 Å². The van der Waals surface area contributed by atoms with Gasteiger partial charge in [0.15, 0.2) is 0 Å². The van der Waals surface area contributed by atoms with Crippen LogP contribution in [-0.4, -0.2) is 9.78 Å². The van der Waals surface area contributed by atoms with Crippen LogP contribution in [0.25, 0.3) is 0 Å². The zero-order chi connectivity index (χ0) is 14.1. The first-order valence-corrected chi connectivity index (χ1v) is 7.94. The molecule has 1 aromatic rings. The van der Waals surface area contributed by atoms with Crippen LogP contribution in [0.1, 0.15) is 76.0 Å². The topological polar surface area (TPSA) is 43.8 Å². The second kappa shape index (κ2) is 9.00. The van der Waals surface area contributed by atoms with Crippen LogP contribution in [0, 0.1) is 6.92 Å². The lowest BCUT2D eigenvalue weighted by molar-refractivity contribution is 0.562. The van der Waals surface area contributed by atoms with Crippen LogP contribution in [-0.2, 0) is 13.5 Å². The molecule has 0 saturated heterocycles. The first kappa shape index (κ1) is 16.1. The Kier molecular flexibility index (Phi) is 7.61. The third kappa shape index (κ3) is 5.66. The molecule has 0 bridgehead atoms. The Balaban J connectivity index is 2.03. The summed E-state index contributed by atoms with van der Waals surface area (Å²) in [4.78, 5) is 0. The van der Waals surface area contributed by atoms with Crippen LogP contribution in [0.5, 0.6) is 0 Å². The van der Waals surface area contributed by atoms with Gasteiger partial charge >= 0.3 is 0 Å². The third-order valence-electron chi connectivity index (χ3n) is 3.95. The first-order chi connectivity index (χ1) is 9.16. The summed E-state index contributed by atoms with van der Waals surface area (Å²) in [7, 11) is 1.92. The van der Waals surface area contributed by atoms with Crippen molar-refractivity contribution in [1.29, 1.82) is 0 Å². The molecule has 19 heavy (non-hydrogen) atoms. The van der Waals surface area contributed by atoms with Crippen LogP contribution in [0.4, 0.5) is 5.82 Å². The van der Waals surface area contributed by atoms with E-state index in [4.69, 9.17) is 5.73 Å². The van der Waals surface area contributed by atoms with Crippen molar-refractivity contribution in [2.75, 3.05) is 5.73 Å². The highest BCUT2D eigenvalue weighted by Gasteiger charge is 2.08. The van der Waals surface area contributed by atoms with E-state index >= 15 is 0 Å². The standard InChI is InChI=1S/C16H31N3/c1-4-5-6-7-8-9-10-11-12-13-15-14(2)16(17)19(3)18-15/h4-13,17H2,1-3H3. The molecule has 0 aliphatic carbocycles. The third-order valence-corrected chi connectivity index (χ3v) is 3.95. The highest BCUT2D eigenvalue weighted by atomic mass is 15.3. The molecule has 0 radical (unpaired) electrons. The number of hydrogen-bond donors (Lipinski definition) is 1. The molecule has 3 heteroatoms. The molecule has 0 fully saturated rings. The van der Waals surface area contributed by atoms with E-state index < -0.39 is 0 Å². The number of anilines is 1. The lowest BCUT2D eigenvalue weighted by Crippen LogP contribution is -1.97. The van der Waals surface area contributed by atoms with Crippen molar-refractivity contribution in [3.63, 3.8) is 0 Å². The van der Waals surface area contributed by atoms with Crippen LogP contribution in [0.3, 0.4) is 0 Å². The van der Waals surface area contributed by atoms with Crippen LogP contribution < -0.4 is 5.73 Å². The number of nitrogen functional groups attached to an aromatic ring is 1. The van der Waals surface area contributed by atoms with Gasteiger partial charge in [0, 0.05) is 12.6 Å². The molecule has 3 nitrogen and oxygen atoms in total. The first-order valence-electron chi connectivity index (χ1n) is 7.94. The van der Waals surface area contributed by atoms with E-state index in [9.17, 15) is 0 Å². The average Bonchev–Trinajstić information content (AvgIpc) is 2.64. The highest BCUT2D eigenvalue weighted by molar-refractivity contribution is 5.42. The van der Waals surface area contributed by atoms with E-state index in [-0.39, 0.29) is 0 Å². The summed E-state index contributed by atoms with van der Waals surface area (Å²) in [6, 6.07) is 0. The van der Waals surface area contributed by atoms with Gasteiger partial charge in [-0.25, -0.2) is 0 Å². The largest absolute Gasteiger partial charge is 0.384 e. The number of hydrogen-bond acceptors (Lipinski definition) is 2. The molecule has 0 aliphatic rings. The van der Waals surface area contributed by atoms with Crippen molar-refractivity contribution >= 4 is 5.82 Å². The fraction of sp³-hybridized carbons (Fsp3) is 0.812. The number of unbranched alkanes of at least 4 members (excludes halogenated alkanes) is 8. The maximum absolute atomic E-state index is 5.91. The van der Waals surface area contributed by atoms with Crippen molar-refractivity contribution in [2.24, 2.45) is 7.05 Å². The van der Waals surface area contributed by atoms with Crippen molar-refractivity contribution < 1.29 is 0 Å². The smallest absolute Gasteiger partial charge is 0.124 e. The number of rotatable bonds is 10. The van der Waals surface area contributed by atoms with Crippen LogP contribution >= 0.6 is 0 Å². The van der Waals surface area contributed by atoms with E-state index in [1.807, 2.05) is 7.05 Å². The van der Waals surface area contributed by atoms with Gasteiger partial charge in [-0.15, -0.1) is 0 Å². The normalized spacial score (nSPS) is 11.1. The quantitative estimate of drug-likeness (QED) is 0.638. The number of aryl methyl sites for hydroxylation is 2. The summed E-state index contributed by atoms with van der Waals surface area (Å²) >= 11 is 0. The van der Waals surface area contributed by atoms with Gasteiger partial charge < -0.3 is 5.73 Å². The number of nitrogens with zero attached hydrogens (tertiary/aromatic N) is 2. The molecule has 0 amide bonds. The van der Waals surface area contributed by atoms with Gasteiger partial charge in [-0.3, -0.25) is 4.68 Å². The molecule has 0 atom stereocenters. The maximum Gasteiger partial charge on any atom is 0.124 e. The SMILES string of the molecule is CCCCCCCCCCCc1nn(C)c(N)c1C. The Hall–Kier alpha value is -0.990. The predicted octanol–water partition coefficient (Wildman–Crippen LogP) is 4.38. The molecule has 1 heterocycles. The van der Waals surface area contributed by atoms with Crippen LogP contribution in [0.2, 0.25) is 0 Å². The maximum atomic E-state index is 5.91. The minimum Gasteiger partial charge on any atom is -0.384 e. The zero-order valence-electron chi connectivity index (χ0n) is 13.0. The predicted molar refractivity (Wildman–Crippen MR) is 83.3 cm³/mol. The Labute approximate surface area is 118 Å². The van der Waals surface area contributed by atoms with Gasteiger partial charge in [-0.05, 0) is 19.8 Å². The molecule has 0 saturated carbocycles. The van der Waals surface area contributed by atoms with E-state index in [0.29, 0.717) is 0 Å². The summed E-state index contributed by atoms with van der Waals surface area (Å²) in [6.45, 7) is 4.34. The highest BCUT2D eigenvalue weighted by Crippen LogP contribution is 2.17. The van der Waals surface area contributed by atoms with Gasteiger partial charge in [0.1, 0.15) is 5.82 Å². The molecule has 2 N–H and O–H groups in total. The molecule has 1 rings (SSSR count). The Bertz CT molecular complexity index is 355. The molecular weight excluding hydrogens is 234 g/mol. The average molecular weight is 265 g/mol. The lowest BCUT2D eigenvalue weighted by Gasteiger charge is -2.01. The molecule has 0 spiro atoms. The number of nitrogens with two attached hydrogens (primary N) is 1. The Morgan fingerprint density at radius 2 is 1.47 bits per heavy atom. The van der Waals surface area contributed by atoms with Crippen molar-refractivity contribution in [3.05, 3.63) is 11.3 Å². The van der Waals surface area contributed by atoms with Crippen molar-refractivity contribution in [3.8, 4) is 0 Å². The molecule has 1 aromatic heterocycles. The van der Waals surface area contributed by atoms with Gasteiger partial charge in [-0.1, -0.05) is 58.3 Å². The van der Waals surface area contributed by atoms with Gasteiger partial charge in [0.25, 0.3) is 0 Å². The molecule has 0 aliphatic heterocycles. The van der Waals surface area contributed by atoms with E-state index in [2.05, 4.69) is 18.9 Å². The summed E-state index contributed by atoms with van der Waals surface area (Å²) in [5.41, 5.74) is 8.26. The fourth-order valence-corrected chi connectivity index (χ4v) is 2.54. The molecular formula is C16H31N3. The molecule has 110 valence electrons. The lowest BCUT2D eigenvalue weighted by atomic mass is 10.0. The zero-order valence-corrected chi connectivity index (χ0v) is 13.0. The number of aromatic nitrogens is 2. The van der Waals surface area contributed by atoms with Gasteiger partial charge in [0.05, 0.1) is 5.69 Å². The summed E-state index contributed by atoms with van der Waals surface area (Å²) < 4.78 is 1.79. The van der Waals surface area contributed by atoms with E-state index in [0.717, 1.165) is 12.2 Å².